The number of aromatic nitrogens is 2. The van der Waals surface area contributed by atoms with Crippen LogP contribution in [-0.2, 0) is 4.79 Å². The summed E-state index contributed by atoms with van der Waals surface area (Å²) in [6.07, 6.45) is 11.6. The van der Waals surface area contributed by atoms with Gasteiger partial charge in [-0.2, -0.15) is 4.98 Å². The lowest BCUT2D eigenvalue weighted by Gasteiger charge is -2.35. The van der Waals surface area contributed by atoms with Crippen LogP contribution in [0.1, 0.15) is 12.8 Å². The highest BCUT2D eigenvalue weighted by molar-refractivity contribution is 5.97. The summed E-state index contributed by atoms with van der Waals surface area (Å²) in [4.78, 5) is 26.2. The molecule has 1 aromatic heterocycles. The molecule has 1 saturated heterocycles. The molecule has 1 amide bonds. The average Bonchev–Trinajstić information content (AvgIpc) is 2.91. The molecular weight excluding hydrogens is 442 g/mol. The molecule has 1 aromatic carbocycles. The number of hydrogen-bond donors (Lipinski definition) is 1. The summed E-state index contributed by atoms with van der Waals surface area (Å²) in [5.41, 5.74) is 9.46. The largest absolute Gasteiger partial charge is 0.493 e. The van der Waals surface area contributed by atoms with E-state index in [9.17, 15) is 4.79 Å². The minimum absolute atomic E-state index is 0.0523. The first-order chi connectivity index (χ1) is 16.9. The number of nitrogen functional groups attached to an aromatic ring is 1. The van der Waals surface area contributed by atoms with Crippen LogP contribution in [0.15, 0.2) is 72.4 Å². The van der Waals surface area contributed by atoms with Crippen molar-refractivity contribution in [3.63, 3.8) is 0 Å². The zero-order chi connectivity index (χ0) is 24.9. The number of allylic oxidation sites excluding steroid dienone is 6. The van der Waals surface area contributed by atoms with E-state index in [2.05, 4.69) is 24.2 Å². The molecule has 4 rings (SSSR count). The predicted octanol–water partition coefficient (Wildman–Crippen LogP) is 3.82. The Morgan fingerprint density at radius 2 is 1.83 bits per heavy atom. The number of carbonyl (C=O) groups excluding carboxylic acids is 1. The lowest BCUT2D eigenvalue weighted by molar-refractivity contribution is -0.127. The number of nitrogens with two attached hydrogens (primary N) is 1. The predicted molar refractivity (Wildman–Crippen MR) is 140 cm³/mol. The van der Waals surface area contributed by atoms with E-state index < -0.39 is 0 Å². The van der Waals surface area contributed by atoms with E-state index in [1.165, 1.54) is 0 Å². The Hall–Kier alpha value is -4.07. The molecule has 0 bridgehead atoms. The van der Waals surface area contributed by atoms with Gasteiger partial charge in [0, 0.05) is 43.2 Å². The number of nitrogens with zero attached hydrogens (tertiary/aromatic N) is 4. The van der Waals surface area contributed by atoms with Crippen LogP contribution < -0.4 is 20.1 Å². The molecule has 2 aromatic rings. The monoisotopic (exact) mass is 473 g/mol. The quantitative estimate of drug-likeness (QED) is 0.483. The van der Waals surface area contributed by atoms with Crippen molar-refractivity contribution >= 4 is 28.6 Å². The van der Waals surface area contributed by atoms with E-state index in [1.807, 2.05) is 28.0 Å². The van der Waals surface area contributed by atoms with Crippen LogP contribution in [-0.4, -0.2) is 61.2 Å². The van der Waals surface area contributed by atoms with Crippen molar-refractivity contribution in [3.8, 4) is 11.5 Å². The highest BCUT2D eigenvalue weighted by atomic mass is 16.5. The van der Waals surface area contributed by atoms with Crippen molar-refractivity contribution in [2.24, 2.45) is 0 Å². The van der Waals surface area contributed by atoms with Crippen LogP contribution in [0, 0.1) is 0 Å². The SMILES string of the molecule is C=C/C(=C\C(=C)C1=CC=CCC1)C(=O)N1CCN(c2nc(N)c3cc(OC)c(OC)cc3n2)CC1. The number of benzene rings is 1. The number of fused-ring (bicyclic) bond motifs is 1. The van der Waals surface area contributed by atoms with Crippen molar-refractivity contribution in [1.29, 1.82) is 0 Å². The molecule has 0 radical (unpaired) electrons. The summed E-state index contributed by atoms with van der Waals surface area (Å²) in [5, 5.41) is 0.699. The third-order valence-corrected chi connectivity index (χ3v) is 6.29. The first kappa shape index (κ1) is 24.1. The third-order valence-electron chi connectivity index (χ3n) is 6.29. The molecule has 35 heavy (non-hydrogen) atoms. The molecule has 0 atom stereocenters. The number of amides is 1. The molecule has 1 aliphatic heterocycles. The topological polar surface area (TPSA) is 93.8 Å². The highest BCUT2D eigenvalue weighted by Crippen LogP contribution is 2.34. The van der Waals surface area contributed by atoms with E-state index in [1.54, 1.807) is 32.4 Å². The van der Waals surface area contributed by atoms with E-state index >= 15 is 0 Å². The molecule has 2 heterocycles. The van der Waals surface area contributed by atoms with Crippen molar-refractivity contribution < 1.29 is 14.3 Å². The van der Waals surface area contributed by atoms with Crippen LogP contribution in [0.5, 0.6) is 11.5 Å². The summed E-state index contributed by atoms with van der Waals surface area (Å²) in [7, 11) is 3.15. The molecule has 2 aliphatic rings. The van der Waals surface area contributed by atoms with E-state index in [4.69, 9.17) is 20.2 Å². The van der Waals surface area contributed by atoms with Gasteiger partial charge in [0.15, 0.2) is 11.5 Å². The number of hydrogen-bond acceptors (Lipinski definition) is 7. The summed E-state index contributed by atoms with van der Waals surface area (Å²) in [5.74, 6) is 1.99. The molecule has 182 valence electrons. The van der Waals surface area contributed by atoms with Crippen LogP contribution in [0.3, 0.4) is 0 Å². The molecular formula is C27H31N5O3. The summed E-state index contributed by atoms with van der Waals surface area (Å²) in [6, 6.07) is 3.57. The zero-order valence-corrected chi connectivity index (χ0v) is 20.3. The molecule has 2 N–H and O–H groups in total. The third kappa shape index (κ3) is 5.06. The van der Waals surface area contributed by atoms with Crippen LogP contribution >= 0.6 is 0 Å². The van der Waals surface area contributed by atoms with Crippen LogP contribution in [0.4, 0.5) is 11.8 Å². The molecule has 8 heteroatoms. The Balaban J connectivity index is 1.47. The summed E-state index contributed by atoms with van der Waals surface area (Å²) in [6.45, 7) is 10.3. The molecule has 8 nitrogen and oxygen atoms in total. The fraction of sp³-hybridized carbons (Fsp3) is 0.296. The van der Waals surface area contributed by atoms with Crippen molar-refractivity contribution in [1.82, 2.24) is 14.9 Å². The van der Waals surface area contributed by atoms with Crippen LogP contribution in [0.2, 0.25) is 0 Å². The standard InChI is InChI=1S/C27H31N5O3/c1-5-19(15-18(2)20-9-7-6-8-10-20)26(33)31-11-13-32(14-12-31)27-29-22-17-24(35-4)23(34-3)16-21(22)25(28)30-27/h5-7,9,15-17H,1-2,8,10-14H2,3-4H3,(H2,28,29,30)/b19-15+. The second kappa shape index (κ2) is 10.5. The van der Waals surface area contributed by atoms with Gasteiger partial charge >= 0.3 is 0 Å². The first-order valence-corrected chi connectivity index (χ1v) is 11.6. The molecule has 1 aliphatic carbocycles. The maximum absolute atomic E-state index is 13.2. The average molecular weight is 474 g/mol. The van der Waals surface area contributed by atoms with Crippen molar-refractivity contribution in [2.45, 2.75) is 12.8 Å². The van der Waals surface area contributed by atoms with Gasteiger partial charge in [-0.1, -0.05) is 37.5 Å². The number of anilines is 2. The first-order valence-electron chi connectivity index (χ1n) is 11.6. The molecule has 0 unspecified atom stereocenters. The van der Waals surface area contributed by atoms with Gasteiger partial charge < -0.3 is 25.0 Å². The minimum Gasteiger partial charge on any atom is -0.493 e. The molecule has 1 fully saturated rings. The van der Waals surface area contributed by atoms with Crippen molar-refractivity contribution in [2.75, 3.05) is 51.0 Å². The lowest BCUT2D eigenvalue weighted by atomic mass is 9.96. The van der Waals surface area contributed by atoms with E-state index in [0.29, 0.717) is 65.9 Å². The smallest absolute Gasteiger partial charge is 0.253 e. The van der Waals surface area contributed by atoms with E-state index in [-0.39, 0.29) is 5.91 Å². The fourth-order valence-electron chi connectivity index (χ4n) is 4.26. The van der Waals surface area contributed by atoms with Crippen LogP contribution in [0.25, 0.3) is 10.9 Å². The molecule has 0 saturated carbocycles. The maximum atomic E-state index is 13.2. The van der Waals surface area contributed by atoms with Gasteiger partial charge in [0.25, 0.3) is 5.91 Å². The highest BCUT2D eigenvalue weighted by Gasteiger charge is 2.25. The summed E-state index contributed by atoms with van der Waals surface area (Å²) < 4.78 is 10.8. The Morgan fingerprint density at radius 1 is 1.11 bits per heavy atom. The van der Waals surface area contributed by atoms with Gasteiger partial charge in [-0.25, -0.2) is 4.98 Å². The fourth-order valence-corrected chi connectivity index (χ4v) is 4.26. The normalized spacial score (nSPS) is 16.2. The van der Waals surface area contributed by atoms with Gasteiger partial charge in [-0.15, -0.1) is 0 Å². The number of carbonyl (C=O) groups is 1. The van der Waals surface area contributed by atoms with Gasteiger partial charge in [-0.05, 0) is 36.1 Å². The summed E-state index contributed by atoms with van der Waals surface area (Å²) >= 11 is 0. The Kier molecular flexibility index (Phi) is 7.19. The van der Waals surface area contributed by atoms with Gasteiger partial charge in [-0.3, -0.25) is 4.79 Å². The molecule has 0 spiro atoms. The van der Waals surface area contributed by atoms with Gasteiger partial charge in [0.2, 0.25) is 5.95 Å². The second-order valence-corrected chi connectivity index (χ2v) is 8.40. The number of ether oxygens (including phenoxy) is 2. The Morgan fingerprint density at radius 3 is 2.46 bits per heavy atom. The Bertz CT molecular complexity index is 1250. The second-order valence-electron chi connectivity index (χ2n) is 8.40. The van der Waals surface area contributed by atoms with Crippen molar-refractivity contribution in [3.05, 3.63) is 72.4 Å². The zero-order valence-electron chi connectivity index (χ0n) is 20.3. The maximum Gasteiger partial charge on any atom is 0.253 e. The number of methoxy groups -OCH3 is 2. The Labute approximate surface area is 205 Å². The number of piperazine rings is 1. The van der Waals surface area contributed by atoms with Gasteiger partial charge in [0.05, 0.1) is 19.7 Å². The van der Waals surface area contributed by atoms with Gasteiger partial charge in [0.1, 0.15) is 5.82 Å². The lowest BCUT2D eigenvalue weighted by Crippen LogP contribution is -2.49. The minimum atomic E-state index is -0.0523. The number of rotatable bonds is 7. The van der Waals surface area contributed by atoms with E-state index in [0.717, 1.165) is 24.0 Å².